The molecule has 0 aliphatic rings. The average molecular weight is 327 g/mol. The van der Waals surface area contributed by atoms with E-state index in [-0.39, 0.29) is 5.91 Å². The summed E-state index contributed by atoms with van der Waals surface area (Å²) in [5.74, 6) is 1.04. The van der Waals surface area contributed by atoms with Crippen LogP contribution >= 0.6 is 0 Å². The van der Waals surface area contributed by atoms with E-state index in [2.05, 4.69) is 16.4 Å². The van der Waals surface area contributed by atoms with Crippen LogP contribution in [0.1, 0.15) is 24.0 Å². The summed E-state index contributed by atoms with van der Waals surface area (Å²) in [6.45, 7) is 2.03. The van der Waals surface area contributed by atoms with Crippen LogP contribution in [0.2, 0.25) is 0 Å². The van der Waals surface area contributed by atoms with E-state index < -0.39 is 0 Å². The summed E-state index contributed by atoms with van der Waals surface area (Å²) in [7, 11) is 3.57. The number of carbonyl (C=O) groups is 1. The molecule has 0 bridgehead atoms. The number of nitrogens with one attached hydrogen (secondary N) is 1. The van der Waals surface area contributed by atoms with Crippen molar-refractivity contribution in [1.29, 1.82) is 0 Å². The van der Waals surface area contributed by atoms with E-state index in [1.54, 1.807) is 25.2 Å². The number of para-hydroxylation sites is 1. The van der Waals surface area contributed by atoms with E-state index in [9.17, 15) is 4.79 Å². The van der Waals surface area contributed by atoms with Gasteiger partial charge in [0.15, 0.2) is 0 Å². The Morgan fingerprint density at radius 3 is 2.79 bits per heavy atom. The van der Waals surface area contributed by atoms with Crippen LogP contribution < -0.4 is 10.1 Å². The number of benzene rings is 1. The van der Waals surface area contributed by atoms with Gasteiger partial charge in [0.25, 0.3) is 0 Å². The van der Waals surface area contributed by atoms with Crippen LogP contribution in [-0.4, -0.2) is 36.4 Å². The molecular formula is C19H25N3O2. The third-order valence-electron chi connectivity index (χ3n) is 3.65. The van der Waals surface area contributed by atoms with E-state index in [1.165, 1.54) is 0 Å². The Kier molecular flexibility index (Phi) is 7.23. The third-order valence-corrected chi connectivity index (χ3v) is 3.65. The Morgan fingerprint density at radius 2 is 2.04 bits per heavy atom. The largest absolute Gasteiger partial charge is 0.489 e. The first-order chi connectivity index (χ1) is 11.7. The molecule has 5 heteroatoms. The Morgan fingerprint density at radius 1 is 1.21 bits per heavy atom. The monoisotopic (exact) mass is 327 g/mol. The van der Waals surface area contributed by atoms with Crippen molar-refractivity contribution in [1.82, 2.24) is 15.2 Å². The minimum atomic E-state index is 0.164. The van der Waals surface area contributed by atoms with Crippen LogP contribution in [0.3, 0.4) is 0 Å². The molecule has 24 heavy (non-hydrogen) atoms. The number of hydrogen-bond acceptors (Lipinski definition) is 4. The Balaban J connectivity index is 1.78. The van der Waals surface area contributed by atoms with Crippen LogP contribution in [-0.2, 0) is 17.9 Å². The minimum Gasteiger partial charge on any atom is -0.489 e. The lowest BCUT2D eigenvalue weighted by Gasteiger charge is -2.13. The second-order valence-electron chi connectivity index (χ2n) is 5.83. The van der Waals surface area contributed by atoms with Gasteiger partial charge in [0.05, 0.1) is 0 Å². The van der Waals surface area contributed by atoms with Crippen LogP contribution in [0.4, 0.5) is 0 Å². The van der Waals surface area contributed by atoms with Crippen LogP contribution in [0.5, 0.6) is 5.75 Å². The third kappa shape index (κ3) is 6.01. The minimum absolute atomic E-state index is 0.164. The molecule has 0 radical (unpaired) electrons. The Labute approximate surface area is 143 Å². The number of pyridine rings is 1. The molecule has 2 aromatic rings. The number of carbonyl (C=O) groups excluding carboxylic acids is 1. The average Bonchev–Trinajstić information content (AvgIpc) is 2.61. The fourth-order valence-electron chi connectivity index (χ4n) is 2.25. The first kappa shape index (κ1) is 17.9. The highest BCUT2D eigenvalue weighted by Crippen LogP contribution is 2.19. The van der Waals surface area contributed by atoms with Gasteiger partial charge in [-0.2, -0.15) is 0 Å². The molecule has 0 saturated heterocycles. The van der Waals surface area contributed by atoms with Crippen LogP contribution in [0.25, 0.3) is 0 Å². The molecule has 0 saturated carbocycles. The van der Waals surface area contributed by atoms with E-state index in [0.717, 1.165) is 36.4 Å². The summed E-state index contributed by atoms with van der Waals surface area (Å²) in [6, 6.07) is 11.9. The number of rotatable bonds is 9. The molecule has 128 valence electrons. The summed E-state index contributed by atoms with van der Waals surface area (Å²) < 4.78 is 5.91. The van der Waals surface area contributed by atoms with Crippen molar-refractivity contribution in [3.63, 3.8) is 0 Å². The summed E-state index contributed by atoms with van der Waals surface area (Å²) in [6.07, 6.45) is 4.96. The van der Waals surface area contributed by atoms with Gasteiger partial charge < -0.3 is 15.0 Å². The Bertz CT molecular complexity index is 630. The van der Waals surface area contributed by atoms with Crippen molar-refractivity contribution in [2.24, 2.45) is 0 Å². The lowest BCUT2D eigenvalue weighted by atomic mass is 10.2. The lowest BCUT2D eigenvalue weighted by molar-refractivity contribution is -0.128. The SMILES string of the molecule is CN(C)C(=O)CCCNCc1ccccc1OCc1cccnc1. The molecule has 1 heterocycles. The number of aromatic nitrogens is 1. The summed E-state index contributed by atoms with van der Waals surface area (Å²) >= 11 is 0. The summed E-state index contributed by atoms with van der Waals surface area (Å²) in [4.78, 5) is 17.2. The highest BCUT2D eigenvalue weighted by Gasteiger charge is 2.05. The van der Waals surface area contributed by atoms with E-state index in [0.29, 0.717) is 13.0 Å². The molecule has 1 aromatic carbocycles. The van der Waals surface area contributed by atoms with Gasteiger partial charge in [0.1, 0.15) is 12.4 Å². The van der Waals surface area contributed by atoms with Gasteiger partial charge in [0, 0.05) is 50.6 Å². The van der Waals surface area contributed by atoms with Crippen molar-refractivity contribution >= 4 is 5.91 Å². The summed E-state index contributed by atoms with van der Waals surface area (Å²) in [5.41, 5.74) is 2.16. The normalized spacial score (nSPS) is 10.4. The molecule has 1 amide bonds. The fourth-order valence-corrected chi connectivity index (χ4v) is 2.25. The van der Waals surface area contributed by atoms with Crippen molar-refractivity contribution in [3.05, 3.63) is 59.9 Å². The van der Waals surface area contributed by atoms with Gasteiger partial charge in [-0.25, -0.2) is 0 Å². The van der Waals surface area contributed by atoms with E-state index in [1.807, 2.05) is 36.5 Å². The van der Waals surface area contributed by atoms with Crippen molar-refractivity contribution < 1.29 is 9.53 Å². The van der Waals surface area contributed by atoms with Gasteiger partial charge in [-0.05, 0) is 25.1 Å². The van der Waals surface area contributed by atoms with Crippen LogP contribution in [0.15, 0.2) is 48.8 Å². The summed E-state index contributed by atoms with van der Waals surface area (Å²) in [5, 5.41) is 3.37. The maximum absolute atomic E-state index is 11.5. The number of amides is 1. The van der Waals surface area contributed by atoms with Gasteiger partial charge in [0.2, 0.25) is 5.91 Å². The lowest BCUT2D eigenvalue weighted by Crippen LogP contribution is -2.23. The molecule has 0 atom stereocenters. The Hall–Kier alpha value is -2.40. The van der Waals surface area contributed by atoms with Crippen molar-refractivity contribution in [2.45, 2.75) is 26.0 Å². The van der Waals surface area contributed by atoms with Gasteiger partial charge >= 0.3 is 0 Å². The zero-order valence-corrected chi connectivity index (χ0v) is 14.4. The highest BCUT2D eigenvalue weighted by molar-refractivity contribution is 5.75. The molecule has 0 spiro atoms. The second-order valence-corrected chi connectivity index (χ2v) is 5.83. The van der Waals surface area contributed by atoms with E-state index in [4.69, 9.17) is 4.74 Å². The molecule has 5 nitrogen and oxygen atoms in total. The zero-order chi connectivity index (χ0) is 17.2. The molecule has 0 fully saturated rings. The predicted octanol–water partition coefficient (Wildman–Crippen LogP) is 2.62. The van der Waals surface area contributed by atoms with Crippen molar-refractivity contribution in [2.75, 3.05) is 20.6 Å². The second kappa shape index (κ2) is 9.67. The number of nitrogens with zero attached hydrogens (tertiary/aromatic N) is 2. The molecule has 0 aliphatic heterocycles. The molecule has 1 N–H and O–H groups in total. The maximum Gasteiger partial charge on any atom is 0.222 e. The van der Waals surface area contributed by atoms with Crippen molar-refractivity contribution in [3.8, 4) is 5.75 Å². The topological polar surface area (TPSA) is 54.5 Å². The van der Waals surface area contributed by atoms with E-state index >= 15 is 0 Å². The number of ether oxygens (including phenoxy) is 1. The first-order valence-electron chi connectivity index (χ1n) is 8.17. The number of hydrogen-bond donors (Lipinski definition) is 1. The maximum atomic E-state index is 11.5. The zero-order valence-electron chi connectivity index (χ0n) is 14.4. The molecule has 0 unspecified atom stereocenters. The molecular weight excluding hydrogens is 302 g/mol. The first-order valence-corrected chi connectivity index (χ1v) is 8.17. The quantitative estimate of drug-likeness (QED) is 0.719. The standard InChI is InChI=1S/C19H25N3O2/c1-22(2)19(23)10-6-12-21-14-17-8-3-4-9-18(17)24-15-16-7-5-11-20-13-16/h3-5,7-9,11,13,21H,6,10,12,14-15H2,1-2H3. The van der Waals surface area contributed by atoms with Crippen LogP contribution in [0, 0.1) is 0 Å². The smallest absolute Gasteiger partial charge is 0.222 e. The van der Waals surface area contributed by atoms with Gasteiger partial charge in [-0.3, -0.25) is 9.78 Å². The predicted molar refractivity (Wildman–Crippen MR) is 94.6 cm³/mol. The van der Waals surface area contributed by atoms with Gasteiger partial charge in [-0.15, -0.1) is 0 Å². The molecule has 0 aliphatic carbocycles. The fraction of sp³-hybridized carbons (Fsp3) is 0.368. The molecule has 1 aromatic heterocycles. The highest BCUT2D eigenvalue weighted by atomic mass is 16.5. The van der Waals surface area contributed by atoms with Gasteiger partial charge in [-0.1, -0.05) is 24.3 Å². The molecule has 2 rings (SSSR count).